The monoisotopic (exact) mass is 170 g/mol. The van der Waals surface area contributed by atoms with Crippen LogP contribution in [-0.2, 0) is 12.8 Å². The van der Waals surface area contributed by atoms with Crippen LogP contribution in [0.5, 0.6) is 0 Å². The van der Waals surface area contributed by atoms with Gasteiger partial charge in [0.15, 0.2) is 0 Å². The lowest BCUT2D eigenvalue weighted by atomic mass is 10.4. The quantitative estimate of drug-likeness (QED) is 0.693. The minimum absolute atomic E-state index is 1.08. The van der Waals surface area contributed by atoms with Crippen molar-refractivity contribution in [2.24, 2.45) is 0 Å². The second-order valence-corrected chi connectivity index (χ2v) is 3.74. The Morgan fingerprint density at radius 3 is 1.82 bits per heavy atom. The molecule has 0 aliphatic heterocycles. The number of hydrogen-bond acceptors (Lipinski definition) is 3. The molecule has 2 nitrogen and oxygen atoms in total. The molecule has 3 heteroatoms. The number of aromatic nitrogens is 2. The van der Waals surface area contributed by atoms with E-state index in [4.69, 9.17) is 0 Å². The third kappa shape index (κ3) is 2.58. The highest BCUT2D eigenvalue weighted by atomic mass is 32.1. The molecule has 1 heterocycles. The molecule has 11 heavy (non-hydrogen) atoms. The fraction of sp³-hybridized carbons (Fsp3) is 0.750. The Morgan fingerprint density at radius 2 is 1.45 bits per heavy atom. The predicted octanol–water partition coefficient (Wildman–Crippen LogP) is 2.44. The van der Waals surface area contributed by atoms with Gasteiger partial charge in [-0.3, -0.25) is 0 Å². The van der Waals surface area contributed by atoms with Crippen molar-refractivity contribution in [3.63, 3.8) is 0 Å². The van der Waals surface area contributed by atoms with E-state index in [2.05, 4.69) is 24.0 Å². The van der Waals surface area contributed by atoms with E-state index in [1.54, 1.807) is 11.3 Å². The second kappa shape index (κ2) is 4.44. The third-order valence-electron chi connectivity index (χ3n) is 1.44. The van der Waals surface area contributed by atoms with E-state index in [1.165, 1.54) is 22.9 Å². The maximum atomic E-state index is 4.09. The molecule has 0 saturated carbocycles. The molecule has 0 spiro atoms. The lowest BCUT2D eigenvalue weighted by molar-refractivity contribution is 0.845. The smallest absolute Gasteiger partial charge is 0.117 e. The molecular formula is C8H14N2S. The van der Waals surface area contributed by atoms with Crippen molar-refractivity contribution in [2.75, 3.05) is 0 Å². The van der Waals surface area contributed by atoms with Gasteiger partial charge in [-0.2, -0.15) is 0 Å². The van der Waals surface area contributed by atoms with Gasteiger partial charge in [0, 0.05) is 12.8 Å². The lowest BCUT2D eigenvalue weighted by Crippen LogP contribution is -1.81. The first kappa shape index (κ1) is 8.65. The van der Waals surface area contributed by atoms with Gasteiger partial charge in [0.05, 0.1) is 0 Å². The summed E-state index contributed by atoms with van der Waals surface area (Å²) in [7, 11) is 0. The van der Waals surface area contributed by atoms with Gasteiger partial charge in [-0.1, -0.05) is 13.8 Å². The molecule has 0 radical (unpaired) electrons. The van der Waals surface area contributed by atoms with Crippen molar-refractivity contribution >= 4 is 11.3 Å². The summed E-state index contributed by atoms with van der Waals surface area (Å²) < 4.78 is 0. The highest BCUT2D eigenvalue weighted by Gasteiger charge is 2.00. The van der Waals surface area contributed by atoms with Gasteiger partial charge in [0.2, 0.25) is 0 Å². The van der Waals surface area contributed by atoms with Gasteiger partial charge >= 0.3 is 0 Å². The molecule has 0 fully saturated rings. The summed E-state index contributed by atoms with van der Waals surface area (Å²) in [5.41, 5.74) is 0. The van der Waals surface area contributed by atoms with E-state index in [-0.39, 0.29) is 0 Å². The van der Waals surface area contributed by atoms with Crippen molar-refractivity contribution in [3.05, 3.63) is 10.0 Å². The summed E-state index contributed by atoms with van der Waals surface area (Å²) >= 11 is 1.76. The molecule has 1 aromatic heterocycles. The molecule has 0 unspecified atom stereocenters. The Morgan fingerprint density at radius 1 is 1.00 bits per heavy atom. The normalized spacial score (nSPS) is 10.4. The zero-order valence-electron chi connectivity index (χ0n) is 7.13. The summed E-state index contributed by atoms with van der Waals surface area (Å²) in [5, 5.41) is 10.6. The van der Waals surface area contributed by atoms with Gasteiger partial charge in [-0.05, 0) is 12.8 Å². The van der Waals surface area contributed by atoms with E-state index in [9.17, 15) is 0 Å². The highest BCUT2D eigenvalue weighted by Crippen LogP contribution is 2.12. The van der Waals surface area contributed by atoms with Crippen molar-refractivity contribution in [1.29, 1.82) is 0 Å². The summed E-state index contributed by atoms with van der Waals surface area (Å²) in [6, 6.07) is 0. The zero-order valence-corrected chi connectivity index (χ0v) is 7.95. The molecule has 0 atom stereocenters. The van der Waals surface area contributed by atoms with Crippen LogP contribution in [0, 0.1) is 0 Å². The number of hydrogen-bond donors (Lipinski definition) is 0. The first-order valence-electron chi connectivity index (χ1n) is 4.18. The molecule has 0 aliphatic carbocycles. The average Bonchev–Trinajstić information content (AvgIpc) is 2.38. The van der Waals surface area contributed by atoms with Gasteiger partial charge < -0.3 is 0 Å². The molecule has 0 amide bonds. The Balaban J connectivity index is 2.51. The third-order valence-corrected chi connectivity index (χ3v) is 2.48. The molecule has 1 rings (SSSR count). The maximum Gasteiger partial charge on any atom is 0.117 e. The largest absolute Gasteiger partial charge is 0.144 e. The first-order valence-corrected chi connectivity index (χ1v) is 4.99. The van der Waals surface area contributed by atoms with Crippen LogP contribution < -0.4 is 0 Å². The van der Waals surface area contributed by atoms with Crippen LogP contribution in [-0.4, -0.2) is 10.2 Å². The Kier molecular flexibility index (Phi) is 3.49. The van der Waals surface area contributed by atoms with Crippen molar-refractivity contribution in [2.45, 2.75) is 39.5 Å². The molecule has 0 aliphatic rings. The van der Waals surface area contributed by atoms with Gasteiger partial charge in [-0.15, -0.1) is 21.5 Å². The van der Waals surface area contributed by atoms with Gasteiger partial charge in [0.1, 0.15) is 10.0 Å². The standard InChI is InChI=1S/C8H14N2S/c1-3-5-7-9-10-8(11-7)6-4-2/h3-6H2,1-2H3. The van der Waals surface area contributed by atoms with E-state index in [0.29, 0.717) is 0 Å². The van der Waals surface area contributed by atoms with Crippen LogP contribution in [0.3, 0.4) is 0 Å². The van der Waals surface area contributed by atoms with Crippen LogP contribution in [0.2, 0.25) is 0 Å². The molecule has 0 bridgehead atoms. The van der Waals surface area contributed by atoms with Crippen molar-refractivity contribution in [1.82, 2.24) is 10.2 Å². The summed E-state index contributed by atoms with van der Waals surface area (Å²) in [4.78, 5) is 0. The van der Waals surface area contributed by atoms with E-state index >= 15 is 0 Å². The fourth-order valence-corrected chi connectivity index (χ4v) is 1.97. The SMILES string of the molecule is CCCc1nnc(CCC)s1. The fourth-order valence-electron chi connectivity index (χ4n) is 0.918. The summed E-state index contributed by atoms with van der Waals surface area (Å²) in [5.74, 6) is 0. The first-order chi connectivity index (χ1) is 5.36. The summed E-state index contributed by atoms with van der Waals surface area (Å²) in [6.07, 6.45) is 4.50. The molecule has 1 aromatic rings. The van der Waals surface area contributed by atoms with Gasteiger partial charge in [0.25, 0.3) is 0 Å². The minimum atomic E-state index is 1.08. The van der Waals surface area contributed by atoms with E-state index < -0.39 is 0 Å². The van der Waals surface area contributed by atoms with E-state index in [1.807, 2.05) is 0 Å². The van der Waals surface area contributed by atoms with Crippen molar-refractivity contribution < 1.29 is 0 Å². The van der Waals surface area contributed by atoms with Gasteiger partial charge in [-0.25, -0.2) is 0 Å². The zero-order chi connectivity index (χ0) is 8.10. The second-order valence-electron chi connectivity index (χ2n) is 2.59. The Labute approximate surface area is 71.7 Å². The molecule has 0 aromatic carbocycles. The van der Waals surface area contributed by atoms with Crippen LogP contribution >= 0.6 is 11.3 Å². The predicted molar refractivity (Wildman–Crippen MR) is 47.9 cm³/mol. The minimum Gasteiger partial charge on any atom is -0.144 e. The topological polar surface area (TPSA) is 25.8 Å². The molecular weight excluding hydrogens is 156 g/mol. The van der Waals surface area contributed by atoms with Crippen LogP contribution in [0.25, 0.3) is 0 Å². The maximum absolute atomic E-state index is 4.09. The van der Waals surface area contributed by atoms with Crippen LogP contribution in [0.15, 0.2) is 0 Å². The highest BCUT2D eigenvalue weighted by molar-refractivity contribution is 7.11. The molecule has 0 saturated heterocycles. The Hall–Kier alpha value is -0.440. The number of nitrogens with zero attached hydrogens (tertiary/aromatic N) is 2. The molecule has 0 N–H and O–H groups in total. The number of rotatable bonds is 4. The van der Waals surface area contributed by atoms with Crippen molar-refractivity contribution in [3.8, 4) is 0 Å². The number of aryl methyl sites for hydroxylation is 2. The molecule has 62 valence electrons. The van der Waals surface area contributed by atoms with Crippen LogP contribution in [0.4, 0.5) is 0 Å². The summed E-state index contributed by atoms with van der Waals surface area (Å²) in [6.45, 7) is 4.34. The van der Waals surface area contributed by atoms with Crippen LogP contribution in [0.1, 0.15) is 36.7 Å². The lowest BCUT2D eigenvalue weighted by Gasteiger charge is -1.85. The van der Waals surface area contributed by atoms with E-state index in [0.717, 1.165) is 12.8 Å². The Bertz CT molecular complexity index is 187. The average molecular weight is 170 g/mol.